The topological polar surface area (TPSA) is 48.0 Å². The van der Waals surface area contributed by atoms with E-state index in [0.29, 0.717) is 18.0 Å². The van der Waals surface area contributed by atoms with Crippen molar-refractivity contribution in [3.63, 3.8) is 0 Å². The van der Waals surface area contributed by atoms with Crippen molar-refractivity contribution in [3.05, 3.63) is 60.2 Å². The van der Waals surface area contributed by atoms with Gasteiger partial charge in [-0.15, -0.1) is 12.4 Å². The monoisotopic (exact) mass is 377 g/mol. The van der Waals surface area contributed by atoms with Crippen LogP contribution in [0.2, 0.25) is 0 Å². The second kappa shape index (κ2) is 9.46. The Morgan fingerprint density at radius 3 is 2.54 bits per heavy atom. The van der Waals surface area contributed by atoms with E-state index in [2.05, 4.69) is 17.0 Å². The second-order valence-electron chi connectivity index (χ2n) is 6.29. The van der Waals surface area contributed by atoms with Gasteiger partial charge in [0.1, 0.15) is 12.7 Å². The van der Waals surface area contributed by atoms with Crippen LogP contribution in [0.3, 0.4) is 0 Å². The minimum atomic E-state index is -0.725. The molecule has 5 nitrogen and oxygen atoms in total. The lowest BCUT2D eigenvalue weighted by Crippen LogP contribution is -2.41. The Morgan fingerprint density at radius 1 is 1.15 bits per heavy atom. The predicted molar refractivity (Wildman–Crippen MR) is 102 cm³/mol. The number of likely N-dealkylation sites (N-methyl/N-ethyl adjacent to an activating group) is 1. The number of rotatable bonds is 6. The number of nitrogens with zero attached hydrogens (tertiary/aromatic N) is 1. The largest absolute Gasteiger partial charge is 0.485 e. The van der Waals surface area contributed by atoms with Gasteiger partial charge in [0.25, 0.3) is 0 Å². The zero-order valence-corrected chi connectivity index (χ0v) is 15.8. The number of carbonyl (C=O) groups is 1. The van der Waals surface area contributed by atoms with Crippen LogP contribution in [0.4, 0.5) is 0 Å². The summed E-state index contributed by atoms with van der Waals surface area (Å²) in [5.41, 5.74) is 1.23. The smallest absolute Gasteiger partial charge is 0.351 e. The van der Waals surface area contributed by atoms with E-state index in [0.717, 1.165) is 6.54 Å². The zero-order chi connectivity index (χ0) is 17.6. The van der Waals surface area contributed by atoms with E-state index < -0.39 is 12.1 Å². The summed E-state index contributed by atoms with van der Waals surface area (Å²) in [6, 6.07) is 17.5. The summed E-state index contributed by atoms with van der Waals surface area (Å²) >= 11 is 0. The lowest BCUT2D eigenvalue weighted by Gasteiger charge is -2.27. The molecule has 3 rings (SSSR count). The van der Waals surface area contributed by atoms with Gasteiger partial charge in [0, 0.05) is 13.1 Å². The van der Waals surface area contributed by atoms with Crippen LogP contribution in [0.1, 0.15) is 12.5 Å². The number of para-hydroxylation sites is 2. The maximum absolute atomic E-state index is 12.3. The Labute approximate surface area is 160 Å². The maximum atomic E-state index is 12.3. The van der Waals surface area contributed by atoms with Gasteiger partial charge in [-0.2, -0.15) is 0 Å². The third-order valence-electron chi connectivity index (χ3n) is 3.95. The Bertz CT molecular complexity index is 710. The van der Waals surface area contributed by atoms with Crippen molar-refractivity contribution in [2.75, 3.05) is 20.2 Å². The molecular weight excluding hydrogens is 354 g/mol. The Hall–Kier alpha value is -2.24. The average molecular weight is 378 g/mol. The molecule has 0 amide bonds. The summed E-state index contributed by atoms with van der Waals surface area (Å²) in [5, 5.41) is 0. The fraction of sp³-hybridized carbons (Fsp3) is 0.350. The quantitative estimate of drug-likeness (QED) is 0.723. The normalized spacial score (nSPS) is 16.5. The van der Waals surface area contributed by atoms with Gasteiger partial charge in [-0.25, -0.2) is 4.79 Å². The molecule has 0 spiro atoms. The lowest BCUT2D eigenvalue weighted by atomic mass is 10.2. The molecule has 0 radical (unpaired) electrons. The third-order valence-corrected chi connectivity index (χ3v) is 3.95. The van der Waals surface area contributed by atoms with E-state index in [-0.39, 0.29) is 25.1 Å². The molecule has 26 heavy (non-hydrogen) atoms. The number of fused-ring (bicyclic) bond motifs is 1. The molecule has 0 fully saturated rings. The molecule has 0 saturated heterocycles. The Balaban J connectivity index is 0.00000243. The summed E-state index contributed by atoms with van der Waals surface area (Å²) in [6.07, 6.45) is -0.959. The van der Waals surface area contributed by atoms with E-state index in [9.17, 15) is 4.79 Å². The molecule has 2 atom stereocenters. The van der Waals surface area contributed by atoms with Crippen LogP contribution in [0.5, 0.6) is 11.5 Å². The molecular formula is C20H24ClNO4. The Morgan fingerprint density at radius 2 is 1.81 bits per heavy atom. The van der Waals surface area contributed by atoms with Gasteiger partial charge in [0.15, 0.2) is 11.5 Å². The molecule has 2 aromatic carbocycles. The second-order valence-corrected chi connectivity index (χ2v) is 6.29. The number of hydrogen-bond donors (Lipinski definition) is 0. The van der Waals surface area contributed by atoms with Crippen LogP contribution in [0.15, 0.2) is 54.6 Å². The molecule has 0 N–H and O–H groups in total. The van der Waals surface area contributed by atoms with Crippen LogP contribution in [-0.2, 0) is 16.1 Å². The molecule has 0 aromatic heterocycles. The average Bonchev–Trinajstić information content (AvgIpc) is 2.61. The number of benzene rings is 2. The van der Waals surface area contributed by atoms with Gasteiger partial charge in [0.2, 0.25) is 6.10 Å². The van der Waals surface area contributed by atoms with Crippen molar-refractivity contribution < 1.29 is 19.0 Å². The standard InChI is InChI=1S/C20H23NO4.ClH/c1-15(12-21(2)13-16-8-4-3-5-9-16)24-20(22)19-14-23-17-10-6-7-11-18(17)25-19;/h3-11,15,19H,12-14H2,1-2H3;1H. The van der Waals surface area contributed by atoms with E-state index >= 15 is 0 Å². The van der Waals surface area contributed by atoms with Crippen molar-refractivity contribution in [1.29, 1.82) is 0 Å². The molecule has 2 aromatic rings. The summed E-state index contributed by atoms with van der Waals surface area (Å²) in [6.45, 7) is 3.50. The number of esters is 1. The molecule has 2 unspecified atom stereocenters. The van der Waals surface area contributed by atoms with Crippen LogP contribution in [-0.4, -0.2) is 43.3 Å². The molecule has 1 aliphatic heterocycles. The molecule has 1 aliphatic rings. The van der Waals surface area contributed by atoms with Gasteiger partial charge in [0.05, 0.1) is 0 Å². The first-order chi connectivity index (χ1) is 12.1. The summed E-state index contributed by atoms with van der Waals surface area (Å²) < 4.78 is 16.8. The molecule has 0 aliphatic carbocycles. The summed E-state index contributed by atoms with van der Waals surface area (Å²) in [7, 11) is 2.01. The summed E-state index contributed by atoms with van der Waals surface area (Å²) in [4.78, 5) is 14.4. The number of carbonyl (C=O) groups excluding carboxylic acids is 1. The van der Waals surface area contributed by atoms with E-state index in [1.165, 1.54) is 5.56 Å². The van der Waals surface area contributed by atoms with Crippen LogP contribution >= 0.6 is 12.4 Å². The van der Waals surface area contributed by atoms with Gasteiger partial charge < -0.3 is 14.2 Å². The lowest BCUT2D eigenvalue weighted by molar-refractivity contribution is -0.159. The third kappa shape index (κ3) is 5.38. The van der Waals surface area contributed by atoms with E-state index in [1.807, 2.05) is 50.4 Å². The molecule has 0 saturated carbocycles. The highest BCUT2D eigenvalue weighted by Gasteiger charge is 2.29. The highest BCUT2D eigenvalue weighted by atomic mass is 35.5. The van der Waals surface area contributed by atoms with E-state index in [4.69, 9.17) is 14.2 Å². The minimum absolute atomic E-state index is 0. The summed E-state index contributed by atoms with van der Waals surface area (Å²) in [5.74, 6) is 0.835. The minimum Gasteiger partial charge on any atom is -0.485 e. The fourth-order valence-electron chi connectivity index (χ4n) is 2.85. The van der Waals surface area contributed by atoms with Crippen LogP contribution < -0.4 is 9.47 Å². The van der Waals surface area contributed by atoms with Crippen molar-refractivity contribution in [2.45, 2.75) is 25.7 Å². The molecule has 6 heteroatoms. The van der Waals surface area contributed by atoms with E-state index in [1.54, 1.807) is 6.07 Å². The first kappa shape index (κ1) is 20.1. The predicted octanol–water partition coefficient (Wildman–Crippen LogP) is 3.31. The highest BCUT2D eigenvalue weighted by Crippen LogP contribution is 2.31. The van der Waals surface area contributed by atoms with Crippen molar-refractivity contribution in [3.8, 4) is 11.5 Å². The van der Waals surface area contributed by atoms with Crippen molar-refractivity contribution in [1.82, 2.24) is 4.90 Å². The molecule has 0 bridgehead atoms. The SMILES string of the molecule is CC(CN(C)Cc1ccccc1)OC(=O)C1COc2ccccc2O1.Cl. The zero-order valence-electron chi connectivity index (χ0n) is 15.0. The fourth-order valence-corrected chi connectivity index (χ4v) is 2.85. The number of hydrogen-bond acceptors (Lipinski definition) is 5. The van der Waals surface area contributed by atoms with Gasteiger partial charge in [-0.05, 0) is 31.7 Å². The number of halogens is 1. The maximum Gasteiger partial charge on any atom is 0.351 e. The van der Waals surface area contributed by atoms with Gasteiger partial charge in [-0.3, -0.25) is 4.90 Å². The Kier molecular flexibility index (Phi) is 7.30. The van der Waals surface area contributed by atoms with Crippen molar-refractivity contribution >= 4 is 18.4 Å². The van der Waals surface area contributed by atoms with Gasteiger partial charge >= 0.3 is 5.97 Å². The van der Waals surface area contributed by atoms with Gasteiger partial charge in [-0.1, -0.05) is 42.5 Å². The highest BCUT2D eigenvalue weighted by molar-refractivity contribution is 5.85. The molecule has 1 heterocycles. The molecule has 140 valence electrons. The first-order valence-corrected chi connectivity index (χ1v) is 8.43. The first-order valence-electron chi connectivity index (χ1n) is 8.43. The van der Waals surface area contributed by atoms with Crippen molar-refractivity contribution in [2.24, 2.45) is 0 Å². The van der Waals surface area contributed by atoms with Crippen LogP contribution in [0, 0.1) is 0 Å². The van der Waals surface area contributed by atoms with Crippen LogP contribution in [0.25, 0.3) is 0 Å². The number of ether oxygens (including phenoxy) is 3.